The van der Waals surface area contributed by atoms with Gasteiger partial charge < -0.3 is 9.73 Å². The predicted octanol–water partition coefficient (Wildman–Crippen LogP) is 12.2. The topological polar surface area (TPSA) is 49.9 Å². The van der Waals surface area contributed by atoms with E-state index in [4.69, 9.17) is 14.4 Å². The van der Waals surface area contributed by atoms with Crippen molar-refractivity contribution in [1.82, 2.24) is 5.32 Å². The Morgan fingerprint density at radius 2 is 0.868 bits per heavy atom. The van der Waals surface area contributed by atoms with Crippen LogP contribution < -0.4 is 5.32 Å². The Morgan fingerprint density at radius 3 is 1.57 bits per heavy atom. The summed E-state index contributed by atoms with van der Waals surface area (Å²) in [5.74, 6) is 1.59. The fourth-order valence-electron chi connectivity index (χ4n) is 7.61. The molecular weight excluding hydrogens is 647 g/mol. The van der Waals surface area contributed by atoms with Gasteiger partial charge in [0, 0.05) is 33.0 Å². The second-order valence-electron chi connectivity index (χ2n) is 13.3. The number of para-hydroxylation sites is 1. The van der Waals surface area contributed by atoms with E-state index in [2.05, 4.69) is 157 Å². The van der Waals surface area contributed by atoms with Crippen LogP contribution in [0, 0.1) is 0 Å². The Bertz CT molecular complexity index is 2840. The third-order valence-electron chi connectivity index (χ3n) is 10.2. The van der Waals surface area contributed by atoms with E-state index in [1.54, 1.807) is 0 Å². The van der Waals surface area contributed by atoms with Gasteiger partial charge in [-0.1, -0.05) is 176 Å². The van der Waals surface area contributed by atoms with Crippen molar-refractivity contribution in [2.75, 3.05) is 0 Å². The number of aliphatic imine (C=N–C) groups is 2. The maximum atomic E-state index is 6.63. The number of fused-ring (bicyclic) bond motifs is 4. The predicted molar refractivity (Wildman–Crippen MR) is 219 cm³/mol. The number of amidine groups is 2. The second-order valence-corrected chi connectivity index (χ2v) is 13.3. The molecule has 1 aliphatic heterocycles. The Morgan fingerprint density at radius 1 is 0.377 bits per heavy atom. The lowest BCUT2D eigenvalue weighted by Crippen LogP contribution is -2.36. The van der Waals surface area contributed by atoms with Gasteiger partial charge in [0.25, 0.3) is 0 Å². The third kappa shape index (κ3) is 5.49. The van der Waals surface area contributed by atoms with E-state index in [-0.39, 0.29) is 0 Å². The number of nitrogens with zero attached hydrogens (tertiary/aromatic N) is 2. The van der Waals surface area contributed by atoms with E-state index >= 15 is 0 Å². The molecule has 0 spiro atoms. The fraction of sp³-hybridized carbons (Fsp3) is 0.0204. The molecule has 53 heavy (non-hydrogen) atoms. The molecule has 0 saturated heterocycles. The van der Waals surface area contributed by atoms with Crippen molar-refractivity contribution >= 4 is 44.4 Å². The highest BCUT2D eigenvalue weighted by Gasteiger charge is 2.24. The van der Waals surface area contributed by atoms with Crippen LogP contribution in [0.2, 0.25) is 0 Å². The van der Waals surface area contributed by atoms with Crippen LogP contribution in [0.3, 0.4) is 0 Å². The van der Waals surface area contributed by atoms with Gasteiger partial charge in [0.1, 0.15) is 22.8 Å². The van der Waals surface area contributed by atoms with E-state index in [1.807, 2.05) is 36.4 Å². The number of hydrogen-bond donors (Lipinski definition) is 1. The van der Waals surface area contributed by atoms with E-state index in [9.17, 15) is 0 Å². The average Bonchev–Trinajstić information content (AvgIpc) is 3.64. The molecule has 0 radical (unpaired) electrons. The van der Waals surface area contributed by atoms with Crippen LogP contribution in [0.5, 0.6) is 0 Å². The molecule has 1 unspecified atom stereocenters. The number of rotatable bonds is 6. The largest absolute Gasteiger partial charge is 0.455 e. The summed E-state index contributed by atoms with van der Waals surface area (Å²) < 4.78 is 6.63. The van der Waals surface area contributed by atoms with E-state index in [0.29, 0.717) is 0 Å². The first-order valence-corrected chi connectivity index (χ1v) is 17.9. The minimum atomic E-state index is -0.454. The summed E-state index contributed by atoms with van der Waals surface area (Å²) in [5, 5.41) is 8.05. The zero-order valence-corrected chi connectivity index (χ0v) is 28.8. The van der Waals surface area contributed by atoms with Crippen molar-refractivity contribution in [3.8, 4) is 33.4 Å². The summed E-state index contributed by atoms with van der Waals surface area (Å²) >= 11 is 0. The van der Waals surface area contributed by atoms with E-state index in [1.165, 1.54) is 5.56 Å². The van der Waals surface area contributed by atoms with Crippen molar-refractivity contribution in [1.29, 1.82) is 0 Å². The van der Waals surface area contributed by atoms with E-state index in [0.717, 1.165) is 88.9 Å². The maximum Gasteiger partial charge on any atom is 0.170 e. The van der Waals surface area contributed by atoms with Gasteiger partial charge in [0.15, 0.2) is 6.17 Å². The molecule has 0 amide bonds. The van der Waals surface area contributed by atoms with Crippen LogP contribution >= 0.6 is 0 Å². The lowest BCUT2D eigenvalue weighted by molar-refractivity contribution is 0.670. The highest BCUT2D eigenvalue weighted by molar-refractivity contribution is 6.19. The molecular formula is C49H33N3O. The minimum absolute atomic E-state index is 0.454. The molecule has 9 aromatic rings. The van der Waals surface area contributed by atoms with Crippen LogP contribution in [0.4, 0.5) is 0 Å². The van der Waals surface area contributed by atoms with Crippen molar-refractivity contribution in [2.24, 2.45) is 9.98 Å². The zero-order chi connectivity index (χ0) is 35.1. The standard InChI is InChI=1S/C49H33N3O/c1-4-14-32(15-5-1)33-24-26-36(27-25-33)48-50-47(35-18-8-3-9-19-35)51-49(52-48)42-31-29-40(38-20-10-11-21-39(38)42)41-30-28-37(34-16-6-2-7-17-34)46-45(41)43-22-12-13-23-44(43)53-46/h1-31,49H,(H,50,51,52). The summed E-state index contributed by atoms with van der Waals surface area (Å²) in [6.07, 6.45) is -0.454. The first kappa shape index (κ1) is 30.8. The monoisotopic (exact) mass is 679 g/mol. The quantitative estimate of drug-likeness (QED) is 0.190. The molecule has 0 bridgehead atoms. The first-order chi connectivity index (χ1) is 26.3. The van der Waals surface area contributed by atoms with Crippen LogP contribution in [0.25, 0.3) is 66.1 Å². The summed E-state index contributed by atoms with van der Waals surface area (Å²) in [7, 11) is 0. The first-order valence-electron chi connectivity index (χ1n) is 17.9. The summed E-state index contributed by atoms with van der Waals surface area (Å²) in [6, 6.07) is 65.7. The summed E-state index contributed by atoms with van der Waals surface area (Å²) in [4.78, 5) is 10.5. The molecule has 1 N–H and O–H groups in total. The number of nitrogens with one attached hydrogen (secondary N) is 1. The fourth-order valence-corrected chi connectivity index (χ4v) is 7.61. The molecule has 10 rings (SSSR count). The lowest BCUT2D eigenvalue weighted by atomic mass is 9.90. The van der Waals surface area contributed by atoms with Crippen molar-refractivity contribution in [3.05, 3.63) is 205 Å². The van der Waals surface area contributed by atoms with Gasteiger partial charge in [-0.25, -0.2) is 9.98 Å². The molecule has 2 heterocycles. The molecule has 0 aliphatic carbocycles. The molecule has 1 aliphatic rings. The molecule has 0 saturated carbocycles. The van der Waals surface area contributed by atoms with Crippen molar-refractivity contribution in [2.45, 2.75) is 6.17 Å². The lowest BCUT2D eigenvalue weighted by Gasteiger charge is -2.24. The normalized spacial score (nSPS) is 14.2. The number of furan rings is 1. The van der Waals surface area contributed by atoms with Gasteiger partial charge in [0.2, 0.25) is 0 Å². The van der Waals surface area contributed by atoms with Gasteiger partial charge >= 0.3 is 0 Å². The summed E-state index contributed by atoms with van der Waals surface area (Å²) in [5.41, 5.74) is 11.7. The SMILES string of the molecule is c1ccc(C2=NC(c3ccc(-c4ccc(-c5ccccc5)c5oc6ccccc6c45)c4ccccc34)N=C(c3ccc(-c4ccccc4)cc3)N2)cc1. The minimum Gasteiger partial charge on any atom is -0.455 e. The Kier molecular flexibility index (Phi) is 7.51. The maximum absolute atomic E-state index is 6.63. The van der Waals surface area contributed by atoms with Crippen LogP contribution in [0.15, 0.2) is 202 Å². The van der Waals surface area contributed by atoms with Crippen molar-refractivity contribution < 1.29 is 4.42 Å². The smallest absolute Gasteiger partial charge is 0.170 e. The van der Waals surface area contributed by atoms with Gasteiger partial charge in [-0.05, 0) is 50.7 Å². The highest BCUT2D eigenvalue weighted by atomic mass is 16.3. The summed E-state index contributed by atoms with van der Waals surface area (Å²) in [6.45, 7) is 0. The van der Waals surface area contributed by atoms with Crippen LogP contribution in [-0.2, 0) is 0 Å². The molecule has 1 aromatic heterocycles. The van der Waals surface area contributed by atoms with E-state index < -0.39 is 6.17 Å². The van der Waals surface area contributed by atoms with Crippen LogP contribution in [0.1, 0.15) is 22.9 Å². The Balaban J connectivity index is 1.13. The second kappa shape index (κ2) is 12.9. The molecule has 4 nitrogen and oxygen atoms in total. The highest BCUT2D eigenvalue weighted by Crippen LogP contribution is 2.44. The molecule has 0 fully saturated rings. The average molecular weight is 680 g/mol. The van der Waals surface area contributed by atoms with Crippen molar-refractivity contribution in [3.63, 3.8) is 0 Å². The number of benzene rings is 8. The molecule has 8 aromatic carbocycles. The Hall–Kier alpha value is -7.04. The van der Waals surface area contributed by atoms with Gasteiger partial charge in [-0.3, -0.25) is 0 Å². The molecule has 250 valence electrons. The Labute approximate surface area is 307 Å². The van der Waals surface area contributed by atoms with Crippen LogP contribution in [-0.4, -0.2) is 11.7 Å². The van der Waals surface area contributed by atoms with Gasteiger partial charge in [-0.2, -0.15) is 0 Å². The number of hydrogen-bond acceptors (Lipinski definition) is 4. The molecule has 4 heteroatoms. The van der Waals surface area contributed by atoms with Gasteiger partial charge in [0.05, 0.1) is 0 Å². The van der Waals surface area contributed by atoms with Gasteiger partial charge in [-0.15, -0.1) is 0 Å². The zero-order valence-electron chi connectivity index (χ0n) is 28.8. The molecule has 1 atom stereocenters. The third-order valence-corrected chi connectivity index (χ3v) is 10.2.